The Morgan fingerprint density at radius 2 is 2.10 bits per heavy atom. The third kappa shape index (κ3) is 3.41. The van der Waals surface area contributed by atoms with Crippen molar-refractivity contribution in [1.29, 1.82) is 0 Å². The van der Waals surface area contributed by atoms with Crippen LogP contribution < -0.4 is 11.1 Å². The molecule has 0 spiro atoms. The van der Waals surface area contributed by atoms with Crippen LogP contribution in [0.4, 0.5) is 0 Å². The van der Waals surface area contributed by atoms with Gasteiger partial charge in [-0.3, -0.25) is 4.79 Å². The highest BCUT2D eigenvalue weighted by molar-refractivity contribution is 7.18. The summed E-state index contributed by atoms with van der Waals surface area (Å²) in [6.45, 7) is 0.501. The van der Waals surface area contributed by atoms with Crippen LogP contribution in [0.5, 0.6) is 0 Å². The zero-order chi connectivity index (χ0) is 14.7. The highest BCUT2D eigenvalue weighted by atomic mass is 32.1. The van der Waals surface area contributed by atoms with Gasteiger partial charge in [-0.15, -0.1) is 11.3 Å². The summed E-state index contributed by atoms with van der Waals surface area (Å²) in [5.41, 5.74) is 7.13. The molecule has 3 rings (SSSR count). The summed E-state index contributed by atoms with van der Waals surface area (Å²) < 4.78 is 1.16. The average molecular weight is 303 g/mol. The first-order valence-corrected chi connectivity index (χ1v) is 8.43. The lowest BCUT2D eigenvalue weighted by Crippen LogP contribution is -2.41. The molecule has 2 aromatic rings. The molecule has 112 valence electrons. The quantitative estimate of drug-likeness (QED) is 0.857. The van der Waals surface area contributed by atoms with E-state index in [1.807, 2.05) is 18.2 Å². The van der Waals surface area contributed by atoms with Crippen LogP contribution >= 0.6 is 11.3 Å². The predicted molar refractivity (Wildman–Crippen MR) is 86.0 cm³/mol. The molecule has 1 saturated carbocycles. The first-order valence-electron chi connectivity index (χ1n) is 7.62. The van der Waals surface area contributed by atoms with Gasteiger partial charge in [-0.05, 0) is 25.0 Å². The van der Waals surface area contributed by atoms with Gasteiger partial charge in [0, 0.05) is 6.04 Å². The molecule has 0 saturated heterocycles. The minimum Gasteiger partial charge on any atom is -0.349 e. The molecule has 2 unspecified atom stereocenters. The monoisotopic (exact) mass is 303 g/mol. The number of para-hydroxylation sites is 1. The number of nitrogens with one attached hydrogen (secondary N) is 1. The molecular weight excluding hydrogens is 282 g/mol. The van der Waals surface area contributed by atoms with E-state index < -0.39 is 0 Å². The molecule has 3 N–H and O–H groups in total. The lowest BCUT2D eigenvalue weighted by molar-refractivity contribution is -0.126. The number of nitrogens with zero attached hydrogens (tertiary/aromatic N) is 1. The van der Waals surface area contributed by atoms with E-state index in [-0.39, 0.29) is 17.9 Å². The topological polar surface area (TPSA) is 68.0 Å². The summed E-state index contributed by atoms with van der Waals surface area (Å²) in [5, 5.41) is 3.97. The fourth-order valence-electron chi connectivity index (χ4n) is 2.95. The van der Waals surface area contributed by atoms with Gasteiger partial charge in [0.25, 0.3) is 0 Å². The van der Waals surface area contributed by atoms with E-state index in [9.17, 15) is 4.79 Å². The fourth-order valence-corrected chi connectivity index (χ4v) is 3.86. The van der Waals surface area contributed by atoms with Gasteiger partial charge in [0.05, 0.1) is 22.7 Å². The smallest absolute Gasteiger partial charge is 0.225 e. The molecular formula is C16H21N3OS. The number of hydrogen-bond donors (Lipinski definition) is 2. The molecule has 1 fully saturated rings. The Balaban J connectivity index is 1.62. The Hall–Kier alpha value is -1.46. The number of amides is 1. The van der Waals surface area contributed by atoms with Gasteiger partial charge < -0.3 is 11.1 Å². The zero-order valence-corrected chi connectivity index (χ0v) is 12.9. The van der Waals surface area contributed by atoms with Crippen molar-refractivity contribution >= 4 is 27.5 Å². The molecule has 0 radical (unpaired) electrons. The number of aromatic nitrogens is 1. The van der Waals surface area contributed by atoms with E-state index in [2.05, 4.69) is 16.4 Å². The van der Waals surface area contributed by atoms with Gasteiger partial charge in [-0.25, -0.2) is 4.98 Å². The second kappa shape index (κ2) is 6.54. The molecule has 1 amide bonds. The first kappa shape index (κ1) is 14.5. The largest absolute Gasteiger partial charge is 0.349 e. The van der Waals surface area contributed by atoms with Crippen molar-refractivity contribution in [3.8, 4) is 0 Å². The SMILES string of the molecule is NC1CCCCCC1C(=O)NCc1nc2ccccc2s1. The normalized spacial score (nSPS) is 22.9. The molecule has 1 aliphatic carbocycles. The van der Waals surface area contributed by atoms with Crippen LogP contribution in [0.3, 0.4) is 0 Å². The van der Waals surface area contributed by atoms with Gasteiger partial charge in [-0.1, -0.05) is 31.4 Å². The van der Waals surface area contributed by atoms with Crippen LogP contribution in [0, 0.1) is 5.92 Å². The highest BCUT2D eigenvalue weighted by Crippen LogP contribution is 2.24. The lowest BCUT2D eigenvalue weighted by atomic mass is 9.95. The number of nitrogens with two attached hydrogens (primary N) is 1. The summed E-state index contributed by atoms with van der Waals surface area (Å²) in [4.78, 5) is 16.9. The zero-order valence-electron chi connectivity index (χ0n) is 12.0. The molecule has 21 heavy (non-hydrogen) atoms. The third-order valence-electron chi connectivity index (χ3n) is 4.16. The van der Waals surface area contributed by atoms with Gasteiger partial charge in [-0.2, -0.15) is 0 Å². The van der Waals surface area contributed by atoms with E-state index in [0.29, 0.717) is 6.54 Å². The number of carbonyl (C=O) groups is 1. The number of fused-ring (bicyclic) bond motifs is 1. The van der Waals surface area contributed by atoms with Gasteiger partial charge in [0.15, 0.2) is 0 Å². The Kier molecular flexibility index (Phi) is 4.51. The number of carbonyl (C=O) groups excluding carboxylic acids is 1. The van der Waals surface area contributed by atoms with Crippen LogP contribution in [-0.2, 0) is 11.3 Å². The summed E-state index contributed by atoms with van der Waals surface area (Å²) >= 11 is 1.63. The van der Waals surface area contributed by atoms with Crippen molar-refractivity contribution in [3.05, 3.63) is 29.3 Å². The third-order valence-corrected chi connectivity index (χ3v) is 5.19. The number of benzene rings is 1. The standard InChI is InChI=1S/C16H21N3OS/c17-12-7-3-1-2-6-11(12)16(20)18-10-15-19-13-8-4-5-9-14(13)21-15/h4-5,8-9,11-12H,1-3,6-7,10,17H2,(H,18,20). The molecule has 5 heteroatoms. The second-order valence-electron chi connectivity index (χ2n) is 5.70. The van der Waals surface area contributed by atoms with Gasteiger partial charge in [0.2, 0.25) is 5.91 Å². The fraction of sp³-hybridized carbons (Fsp3) is 0.500. The summed E-state index contributed by atoms with van der Waals surface area (Å²) in [7, 11) is 0. The Bertz CT molecular complexity index is 592. The van der Waals surface area contributed by atoms with Crippen LogP contribution in [0.15, 0.2) is 24.3 Å². The maximum Gasteiger partial charge on any atom is 0.225 e. The Morgan fingerprint density at radius 1 is 1.29 bits per heavy atom. The Morgan fingerprint density at radius 3 is 2.95 bits per heavy atom. The van der Waals surface area contributed by atoms with E-state index in [0.717, 1.165) is 40.9 Å². The number of hydrogen-bond acceptors (Lipinski definition) is 4. The highest BCUT2D eigenvalue weighted by Gasteiger charge is 2.26. The van der Waals surface area contributed by atoms with Crippen molar-refractivity contribution in [3.63, 3.8) is 0 Å². The molecule has 1 aromatic heterocycles. The molecule has 1 aliphatic rings. The van der Waals surface area contributed by atoms with E-state index in [1.54, 1.807) is 11.3 Å². The van der Waals surface area contributed by atoms with Crippen molar-refractivity contribution in [2.24, 2.45) is 11.7 Å². The van der Waals surface area contributed by atoms with Gasteiger partial charge in [0.1, 0.15) is 5.01 Å². The van der Waals surface area contributed by atoms with Crippen molar-refractivity contribution in [1.82, 2.24) is 10.3 Å². The van der Waals surface area contributed by atoms with E-state index in [4.69, 9.17) is 5.73 Å². The lowest BCUT2D eigenvalue weighted by Gasteiger charge is -2.20. The number of thiazole rings is 1. The Labute approximate surface area is 128 Å². The summed E-state index contributed by atoms with van der Waals surface area (Å²) in [6, 6.07) is 8.04. The van der Waals surface area contributed by atoms with Crippen LogP contribution in [0.25, 0.3) is 10.2 Å². The van der Waals surface area contributed by atoms with Gasteiger partial charge >= 0.3 is 0 Å². The summed E-state index contributed by atoms with van der Waals surface area (Å²) in [6.07, 6.45) is 5.30. The predicted octanol–water partition coefficient (Wildman–Crippen LogP) is 2.82. The maximum atomic E-state index is 12.3. The molecule has 1 aromatic carbocycles. The van der Waals surface area contributed by atoms with Crippen molar-refractivity contribution in [2.45, 2.75) is 44.7 Å². The second-order valence-corrected chi connectivity index (χ2v) is 6.82. The average Bonchev–Trinajstić information content (AvgIpc) is 2.79. The molecule has 2 atom stereocenters. The maximum absolute atomic E-state index is 12.3. The molecule has 0 aliphatic heterocycles. The minimum atomic E-state index is -0.0399. The van der Waals surface area contributed by atoms with Crippen LogP contribution in [0.1, 0.15) is 37.1 Å². The van der Waals surface area contributed by atoms with E-state index >= 15 is 0 Å². The number of rotatable bonds is 3. The van der Waals surface area contributed by atoms with Crippen molar-refractivity contribution < 1.29 is 4.79 Å². The molecule has 1 heterocycles. The first-order chi connectivity index (χ1) is 10.2. The minimum absolute atomic E-state index is 0.00265. The van der Waals surface area contributed by atoms with E-state index in [1.165, 1.54) is 6.42 Å². The summed E-state index contributed by atoms with van der Waals surface area (Å²) in [5.74, 6) is 0.0468. The molecule has 0 bridgehead atoms. The van der Waals surface area contributed by atoms with Crippen molar-refractivity contribution in [2.75, 3.05) is 0 Å². The van der Waals surface area contributed by atoms with Crippen LogP contribution in [-0.4, -0.2) is 16.9 Å². The van der Waals surface area contributed by atoms with Crippen LogP contribution in [0.2, 0.25) is 0 Å². The molecule has 4 nitrogen and oxygen atoms in total.